The molecule has 0 atom stereocenters. The van der Waals surface area contributed by atoms with Crippen LogP contribution in [0.2, 0.25) is 0 Å². The Hall–Kier alpha value is -3.89. The highest BCUT2D eigenvalue weighted by molar-refractivity contribution is 5.96. The number of hydrazine groups is 1. The molecule has 0 unspecified atom stereocenters. The van der Waals surface area contributed by atoms with Crippen LogP contribution < -0.4 is 26.4 Å². The van der Waals surface area contributed by atoms with Gasteiger partial charge in [0.15, 0.2) is 5.78 Å². The molecule has 3 aromatic rings. The van der Waals surface area contributed by atoms with Crippen LogP contribution >= 0.6 is 0 Å². The molecule has 0 aliphatic heterocycles. The fourth-order valence-corrected chi connectivity index (χ4v) is 3.64. The Kier molecular flexibility index (Phi) is 10.3. The minimum atomic E-state index is -0.00669. The number of fused-ring (bicyclic) bond motifs is 1. The van der Waals surface area contributed by atoms with Crippen LogP contribution in [-0.4, -0.2) is 66.1 Å². The lowest BCUT2D eigenvalue weighted by molar-refractivity contribution is -0.119. The van der Waals surface area contributed by atoms with E-state index >= 15 is 0 Å². The maximum absolute atomic E-state index is 12.5. The van der Waals surface area contributed by atoms with Crippen molar-refractivity contribution in [1.82, 2.24) is 19.9 Å². The summed E-state index contributed by atoms with van der Waals surface area (Å²) in [7, 11) is 4.00. The molecule has 5 N–H and O–H groups in total. The number of nitrogens with zero attached hydrogens (tertiary/aromatic N) is 4. The number of ether oxygens (including phenoxy) is 2. The fraction of sp³-hybridized carbons (Fsp3) is 0.393. The molecule has 2 aromatic carbocycles. The van der Waals surface area contributed by atoms with E-state index in [4.69, 9.17) is 21.1 Å². The van der Waals surface area contributed by atoms with Gasteiger partial charge in [-0.15, -0.1) is 0 Å². The van der Waals surface area contributed by atoms with Crippen LogP contribution in [-0.2, 0) is 11.2 Å². The second-order valence-electron chi connectivity index (χ2n) is 9.62. The standard InChI is InChI=1S/C28H39N7O3/c1-6-37-26-15-23(38-12-11-34(4)5)14-25-27(26)28(32-18-31-25)33-21-9-7-20(8-10-21)13-22(36)16-35(30)17-24(29)19(2)3/h7-10,14-15,17-19H,6,11-13,16,29-30H2,1-5H3,(H,31,32,33)/b24-17-. The van der Waals surface area contributed by atoms with Crippen LogP contribution in [0.15, 0.2) is 54.6 Å². The molecule has 1 aromatic heterocycles. The second kappa shape index (κ2) is 13.6. The van der Waals surface area contributed by atoms with E-state index in [1.165, 1.54) is 11.3 Å². The molecule has 10 nitrogen and oxygen atoms in total. The van der Waals surface area contributed by atoms with E-state index in [0.29, 0.717) is 41.7 Å². The minimum Gasteiger partial charge on any atom is -0.493 e. The average Bonchev–Trinajstić information content (AvgIpc) is 2.85. The highest BCUT2D eigenvalue weighted by atomic mass is 16.5. The summed E-state index contributed by atoms with van der Waals surface area (Å²) >= 11 is 0. The quantitative estimate of drug-likeness (QED) is 0.214. The van der Waals surface area contributed by atoms with E-state index in [-0.39, 0.29) is 24.7 Å². The van der Waals surface area contributed by atoms with E-state index < -0.39 is 0 Å². The Morgan fingerprint density at radius 3 is 2.53 bits per heavy atom. The maximum atomic E-state index is 12.5. The summed E-state index contributed by atoms with van der Waals surface area (Å²) in [5, 5.41) is 5.46. The molecule has 0 fully saturated rings. The van der Waals surface area contributed by atoms with Gasteiger partial charge in [0.1, 0.15) is 30.3 Å². The first-order chi connectivity index (χ1) is 18.2. The van der Waals surface area contributed by atoms with E-state index in [0.717, 1.165) is 23.2 Å². The van der Waals surface area contributed by atoms with Crippen LogP contribution in [0.1, 0.15) is 26.3 Å². The number of carbonyl (C=O) groups excluding carboxylic acids is 1. The van der Waals surface area contributed by atoms with Gasteiger partial charge in [0.25, 0.3) is 0 Å². The van der Waals surface area contributed by atoms with Gasteiger partial charge >= 0.3 is 0 Å². The normalized spacial score (nSPS) is 11.7. The zero-order valence-corrected chi connectivity index (χ0v) is 22.9. The smallest absolute Gasteiger partial charge is 0.158 e. The maximum Gasteiger partial charge on any atom is 0.158 e. The second-order valence-corrected chi connectivity index (χ2v) is 9.62. The van der Waals surface area contributed by atoms with Gasteiger partial charge in [0, 0.05) is 42.7 Å². The van der Waals surface area contributed by atoms with Crippen molar-refractivity contribution < 1.29 is 14.3 Å². The third-order valence-electron chi connectivity index (χ3n) is 5.74. The molecule has 0 amide bonds. The average molecular weight is 522 g/mol. The van der Waals surface area contributed by atoms with Gasteiger partial charge in [-0.2, -0.15) is 0 Å². The summed E-state index contributed by atoms with van der Waals surface area (Å²) in [6, 6.07) is 11.4. The third kappa shape index (κ3) is 8.32. The molecular formula is C28H39N7O3. The lowest BCUT2D eigenvalue weighted by atomic mass is 10.1. The largest absolute Gasteiger partial charge is 0.493 e. The number of hydrogen-bond acceptors (Lipinski definition) is 10. The van der Waals surface area contributed by atoms with Crippen molar-refractivity contribution in [2.75, 3.05) is 45.7 Å². The van der Waals surface area contributed by atoms with Gasteiger partial charge in [-0.05, 0) is 44.6 Å². The molecule has 0 bridgehead atoms. The van der Waals surface area contributed by atoms with E-state index in [2.05, 4.69) is 20.2 Å². The SMILES string of the molecule is CCOc1cc(OCCN(C)C)cc2ncnc(Nc3ccc(CC(=O)CN(N)/C=C(\N)C(C)C)cc3)c12. The number of benzene rings is 2. The first kappa shape index (κ1) is 28.7. The Labute approximate surface area is 224 Å². The lowest BCUT2D eigenvalue weighted by Crippen LogP contribution is -2.33. The van der Waals surface area contributed by atoms with E-state index in [1.807, 2.05) is 71.3 Å². The van der Waals surface area contributed by atoms with Crippen LogP contribution in [0.3, 0.4) is 0 Å². The van der Waals surface area contributed by atoms with Crippen molar-refractivity contribution in [3.05, 3.63) is 60.2 Å². The molecule has 10 heteroatoms. The van der Waals surface area contributed by atoms with Crippen molar-refractivity contribution in [1.29, 1.82) is 0 Å². The summed E-state index contributed by atoms with van der Waals surface area (Å²) in [6.45, 7) is 7.81. The number of Topliss-reactive ketones (excluding diaryl/α,β-unsaturated/α-hetero) is 1. The number of nitrogens with two attached hydrogens (primary N) is 2. The summed E-state index contributed by atoms with van der Waals surface area (Å²) in [5.41, 5.74) is 8.98. The topological polar surface area (TPSA) is 132 Å². The minimum absolute atomic E-state index is 0.00669. The van der Waals surface area contributed by atoms with Gasteiger partial charge in [0.2, 0.25) is 0 Å². The lowest BCUT2D eigenvalue weighted by Gasteiger charge is -2.16. The van der Waals surface area contributed by atoms with Crippen molar-refractivity contribution >= 4 is 28.2 Å². The van der Waals surface area contributed by atoms with Gasteiger partial charge in [0.05, 0.1) is 24.1 Å². The molecule has 0 saturated heterocycles. The zero-order valence-electron chi connectivity index (χ0n) is 22.9. The van der Waals surface area contributed by atoms with Gasteiger partial charge in [-0.3, -0.25) is 4.79 Å². The number of nitrogens with one attached hydrogen (secondary N) is 1. The summed E-state index contributed by atoms with van der Waals surface area (Å²) in [6.07, 6.45) is 3.39. The van der Waals surface area contributed by atoms with E-state index in [9.17, 15) is 4.79 Å². The molecule has 0 aliphatic rings. The summed E-state index contributed by atoms with van der Waals surface area (Å²) < 4.78 is 11.8. The number of ketones is 1. The van der Waals surface area contributed by atoms with Gasteiger partial charge in [-0.25, -0.2) is 15.8 Å². The predicted octanol–water partition coefficient (Wildman–Crippen LogP) is 3.46. The fourth-order valence-electron chi connectivity index (χ4n) is 3.64. The number of hydrogen-bond donors (Lipinski definition) is 3. The first-order valence-corrected chi connectivity index (χ1v) is 12.7. The van der Waals surface area contributed by atoms with Crippen molar-refractivity contribution in [3.8, 4) is 11.5 Å². The van der Waals surface area contributed by atoms with Gasteiger partial charge in [-0.1, -0.05) is 26.0 Å². The van der Waals surface area contributed by atoms with E-state index in [1.54, 1.807) is 6.20 Å². The Morgan fingerprint density at radius 2 is 1.87 bits per heavy atom. The highest BCUT2D eigenvalue weighted by Crippen LogP contribution is 2.35. The van der Waals surface area contributed by atoms with Crippen molar-refractivity contribution in [2.24, 2.45) is 17.5 Å². The number of anilines is 2. The number of allylic oxidation sites excluding steroid dienone is 1. The molecular weight excluding hydrogens is 482 g/mol. The molecule has 0 aliphatic carbocycles. The zero-order chi connectivity index (χ0) is 27.7. The summed E-state index contributed by atoms with van der Waals surface area (Å²) in [5.74, 6) is 8.03. The highest BCUT2D eigenvalue weighted by Gasteiger charge is 2.14. The van der Waals surface area contributed by atoms with Crippen LogP contribution in [0.25, 0.3) is 10.9 Å². The Bertz CT molecular complexity index is 1240. The Morgan fingerprint density at radius 1 is 1.13 bits per heavy atom. The predicted molar refractivity (Wildman–Crippen MR) is 151 cm³/mol. The first-order valence-electron chi connectivity index (χ1n) is 12.7. The molecule has 0 radical (unpaired) electrons. The molecule has 0 spiro atoms. The van der Waals surface area contributed by atoms with Crippen molar-refractivity contribution in [2.45, 2.75) is 27.2 Å². The van der Waals surface area contributed by atoms with Crippen LogP contribution in [0.5, 0.6) is 11.5 Å². The van der Waals surface area contributed by atoms with Crippen LogP contribution in [0, 0.1) is 5.92 Å². The number of carbonyl (C=O) groups is 1. The number of aromatic nitrogens is 2. The van der Waals surface area contributed by atoms with Crippen LogP contribution in [0.4, 0.5) is 11.5 Å². The molecule has 1 heterocycles. The third-order valence-corrected chi connectivity index (χ3v) is 5.74. The monoisotopic (exact) mass is 521 g/mol. The summed E-state index contributed by atoms with van der Waals surface area (Å²) in [4.78, 5) is 23.4. The number of rotatable bonds is 14. The number of likely N-dealkylation sites (N-methyl/N-ethyl adjacent to an activating group) is 1. The molecule has 38 heavy (non-hydrogen) atoms. The molecule has 0 saturated carbocycles. The molecule has 204 valence electrons. The Balaban J connectivity index is 1.72. The molecule has 3 rings (SSSR count). The van der Waals surface area contributed by atoms with Gasteiger partial charge < -0.3 is 30.4 Å². The van der Waals surface area contributed by atoms with Crippen molar-refractivity contribution in [3.63, 3.8) is 0 Å².